The molecule has 0 atom stereocenters. The van der Waals surface area contributed by atoms with Crippen LogP contribution in [-0.4, -0.2) is 28.8 Å². The van der Waals surface area contributed by atoms with Gasteiger partial charge in [-0.3, -0.25) is 0 Å². The molecule has 5 nitrogen and oxygen atoms in total. The summed E-state index contributed by atoms with van der Waals surface area (Å²) in [5, 5.41) is 0. The van der Waals surface area contributed by atoms with Crippen molar-refractivity contribution in [2.45, 2.75) is 6.61 Å². The molecule has 136 valence electrons. The fourth-order valence-electron chi connectivity index (χ4n) is 3.31. The molecule has 4 rings (SSSR count). The number of fused-ring (bicyclic) bond motifs is 1. The Bertz CT molecular complexity index is 1090. The second-order valence-corrected chi connectivity index (χ2v) is 6.31. The van der Waals surface area contributed by atoms with Crippen molar-refractivity contribution < 1.29 is 9.47 Å². The summed E-state index contributed by atoms with van der Waals surface area (Å²) in [6.07, 6.45) is 0. The van der Waals surface area contributed by atoms with Gasteiger partial charge < -0.3 is 14.0 Å². The van der Waals surface area contributed by atoms with Gasteiger partial charge in [-0.05, 0) is 12.1 Å². The van der Waals surface area contributed by atoms with Crippen molar-refractivity contribution in [2.75, 3.05) is 14.2 Å². The third-order valence-electron chi connectivity index (χ3n) is 4.68. The second-order valence-electron chi connectivity index (χ2n) is 6.31. The summed E-state index contributed by atoms with van der Waals surface area (Å²) in [5.41, 5.74) is 5.61. The van der Waals surface area contributed by atoms with Gasteiger partial charge in [-0.25, -0.2) is 9.97 Å². The monoisotopic (exact) mass is 359 g/mol. The molecule has 0 fully saturated rings. The standard InChI is InChI=1S/C22H21N3O2/c1-25-18-13-17(16-11-7-8-12-19(16)27-3)21(15-9-5-4-6-10-15)24-22(18)23-20(25)14-26-2/h4-13H,14H2,1-3H3. The predicted octanol–water partition coefficient (Wildman–Crippen LogP) is 4.46. The second kappa shape index (κ2) is 7.21. The molecular weight excluding hydrogens is 338 g/mol. The van der Waals surface area contributed by atoms with Crippen LogP contribution in [0.2, 0.25) is 0 Å². The van der Waals surface area contributed by atoms with Gasteiger partial charge in [-0.15, -0.1) is 0 Å². The molecule has 0 aliphatic rings. The number of hydrogen-bond acceptors (Lipinski definition) is 4. The Morgan fingerprint density at radius 2 is 1.63 bits per heavy atom. The van der Waals surface area contributed by atoms with Gasteiger partial charge in [0.15, 0.2) is 5.65 Å². The molecule has 0 amide bonds. The average Bonchev–Trinajstić information content (AvgIpc) is 3.03. The van der Waals surface area contributed by atoms with Crippen molar-refractivity contribution in [2.24, 2.45) is 7.05 Å². The third kappa shape index (κ3) is 3.06. The molecule has 4 aromatic rings. The van der Waals surface area contributed by atoms with Gasteiger partial charge in [0, 0.05) is 30.8 Å². The highest BCUT2D eigenvalue weighted by molar-refractivity contribution is 5.90. The first-order valence-corrected chi connectivity index (χ1v) is 8.77. The van der Waals surface area contributed by atoms with E-state index in [2.05, 4.69) is 29.2 Å². The third-order valence-corrected chi connectivity index (χ3v) is 4.68. The van der Waals surface area contributed by atoms with Gasteiger partial charge >= 0.3 is 0 Å². The van der Waals surface area contributed by atoms with E-state index >= 15 is 0 Å². The molecule has 0 bridgehead atoms. The summed E-state index contributed by atoms with van der Waals surface area (Å²) >= 11 is 0. The van der Waals surface area contributed by atoms with E-state index in [0.29, 0.717) is 12.3 Å². The quantitative estimate of drug-likeness (QED) is 0.528. The van der Waals surface area contributed by atoms with Crippen LogP contribution >= 0.6 is 0 Å². The molecule has 0 aliphatic heterocycles. The van der Waals surface area contributed by atoms with Crippen LogP contribution < -0.4 is 4.74 Å². The first-order chi connectivity index (χ1) is 13.2. The predicted molar refractivity (Wildman–Crippen MR) is 107 cm³/mol. The van der Waals surface area contributed by atoms with E-state index in [0.717, 1.165) is 39.5 Å². The van der Waals surface area contributed by atoms with Crippen molar-refractivity contribution >= 4 is 11.2 Å². The summed E-state index contributed by atoms with van der Waals surface area (Å²) < 4.78 is 12.9. The molecule has 27 heavy (non-hydrogen) atoms. The summed E-state index contributed by atoms with van der Waals surface area (Å²) in [5.74, 6) is 1.66. The maximum Gasteiger partial charge on any atom is 0.178 e. The Kier molecular flexibility index (Phi) is 4.60. The Balaban J connectivity index is 2.03. The fraction of sp³-hybridized carbons (Fsp3) is 0.182. The molecule has 5 heteroatoms. The van der Waals surface area contributed by atoms with E-state index < -0.39 is 0 Å². The summed E-state index contributed by atoms with van der Waals surface area (Å²) in [7, 11) is 5.34. The number of aromatic nitrogens is 3. The topological polar surface area (TPSA) is 49.2 Å². The molecule has 0 saturated carbocycles. The van der Waals surface area contributed by atoms with Crippen LogP contribution in [0.15, 0.2) is 60.7 Å². The normalized spacial score (nSPS) is 11.1. The van der Waals surface area contributed by atoms with Crippen LogP contribution in [-0.2, 0) is 18.4 Å². The largest absolute Gasteiger partial charge is 0.496 e. The summed E-state index contributed by atoms with van der Waals surface area (Å²) in [6.45, 7) is 0.442. The minimum atomic E-state index is 0.442. The number of pyridine rings is 1. The molecule has 0 spiro atoms. The van der Waals surface area contributed by atoms with Crippen molar-refractivity contribution in [3.8, 4) is 28.1 Å². The number of benzene rings is 2. The average molecular weight is 359 g/mol. The number of para-hydroxylation sites is 1. The summed E-state index contributed by atoms with van der Waals surface area (Å²) in [4.78, 5) is 9.58. The zero-order valence-electron chi connectivity index (χ0n) is 15.6. The molecule has 0 unspecified atom stereocenters. The number of rotatable bonds is 5. The molecule has 0 N–H and O–H groups in total. The lowest BCUT2D eigenvalue weighted by Gasteiger charge is -2.13. The minimum Gasteiger partial charge on any atom is -0.496 e. The van der Waals surface area contributed by atoms with E-state index in [-0.39, 0.29) is 0 Å². The zero-order chi connectivity index (χ0) is 18.8. The Morgan fingerprint density at radius 1 is 0.889 bits per heavy atom. The van der Waals surface area contributed by atoms with Crippen LogP contribution in [0.3, 0.4) is 0 Å². The number of aryl methyl sites for hydroxylation is 1. The Hall–Kier alpha value is -3.18. The van der Waals surface area contributed by atoms with Gasteiger partial charge in [-0.1, -0.05) is 48.5 Å². The van der Waals surface area contributed by atoms with Gasteiger partial charge in [0.1, 0.15) is 18.2 Å². The van der Waals surface area contributed by atoms with E-state index in [1.54, 1.807) is 14.2 Å². The molecular formula is C22H21N3O2. The molecule has 0 aliphatic carbocycles. The first-order valence-electron chi connectivity index (χ1n) is 8.77. The minimum absolute atomic E-state index is 0.442. The van der Waals surface area contributed by atoms with Crippen molar-refractivity contribution in [3.63, 3.8) is 0 Å². The lowest BCUT2D eigenvalue weighted by molar-refractivity contribution is 0.176. The maximum absolute atomic E-state index is 5.61. The number of imidazole rings is 1. The number of hydrogen-bond donors (Lipinski definition) is 0. The highest BCUT2D eigenvalue weighted by atomic mass is 16.5. The van der Waals surface area contributed by atoms with Crippen molar-refractivity contribution in [1.29, 1.82) is 0 Å². The Morgan fingerprint density at radius 3 is 2.37 bits per heavy atom. The van der Waals surface area contributed by atoms with Gasteiger partial charge in [-0.2, -0.15) is 0 Å². The van der Waals surface area contributed by atoms with E-state index in [1.807, 2.05) is 48.0 Å². The molecule has 2 heterocycles. The van der Waals surface area contributed by atoms with Crippen LogP contribution in [0.1, 0.15) is 5.82 Å². The fourth-order valence-corrected chi connectivity index (χ4v) is 3.31. The smallest absolute Gasteiger partial charge is 0.178 e. The van der Waals surface area contributed by atoms with Crippen molar-refractivity contribution in [1.82, 2.24) is 14.5 Å². The van der Waals surface area contributed by atoms with Crippen LogP contribution in [0.4, 0.5) is 0 Å². The molecule has 2 aromatic carbocycles. The maximum atomic E-state index is 5.61. The number of methoxy groups -OCH3 is 2. The lowest BCUT2D eigenvalue weighted by atomic mass is 9.98. The van der Waals surface area contributed by atoms with E-state index in [9.17, 15) is 0 Å². The van der Waals surface area contributed by atoms with Gasteiger partial charge in [0.25, 0.3) is 0 Å². The number of nitrogens with zero attached hydrogens (tertiary/aromatic N) is 3. The van der Waals surface area contributed by atoms with Crippen molar-refractivity contribution in [3.05, 3.63) is 66.5 Å². The van der Waals surface area contributed by atoms with E-state index in [1.165, 1.54) is 0 Å². The highest BCUT2D eigenvalue weighted by Crippen LogP contribution is 2.37. The Labute approximate surface area is 158 Å². The molecule has 0 saturated heterocycles. The van der Waals surface area contributed by atoms with Gasteiger partial charge in [0.05, 0.1) is 18.3 Å². The molecule has 2 aromatic heterocycles. The van der Waals surface area contributed by atoms with Crippen LogP contribution in [0.5, 0.6) is 5.75 Å². The van der Waals surface area contributed by atoms with Gasteiger partial charge in [0.2, 0.25) is 0 Å². The number of ether oxygens (including phenoxy) is 2. The van der Waals surface area contributed by atoms with E-state index in [4.69, 9.17) is 14.5 Å². The van der Waals surface area contributed by atoms with Crippen LogP contribution in [0, 0.1) is 0 Å². The SMILES string of the molecule is COCc1nc2nc(-c3ccccc3)c(-c3ccccc3OC)cc2n1C. The molecule has 0 radical (unpaired) electrons. The first kappa shape index (κ1) is 17.2. The summed E-state index contributed by atoms with van der Waals surface area (Å²) in [6, 6.07) is 20.3. The van der Waals surface area contributed by atoms with Crippen LogP contribution in [0.25, 0.3) is 33.5 Å². The zero-order valence-corrected chi connectivity index (χ0v) is 15.6. The highest BCUT2D eigenvalue weighted by Gasteiger charge is 2.18. The lowest BCUT2D eigenvalue weighted by Crippen LogP contribution is -1.99.